The molecule has 7 heteroatoms. The highest BCUT2D eigenvalue weighted by atomic mass is 16.6. The summed E-state index contributed by atoms with van der Waals surface area (Å²) in [6.45, 7) is 4.84. The molecule has 29 heavy (non-hydrogen) atoms. The van der Waals surface area contributed by atoms with Crippen molar-refractivity contribution in [2.75, 3.05) is 25.6 Å². The van der Waals surface area contributed by atoms with Crippen molar-refractivity contribution >= 4 is 17.4 Å². The van der Waals surface area contributed by atoms with Gasteiger partial charge in [-0.05, 0) is 32.3 Å². The molecular formula is C22H26N4O3. The Kier molecular flexibility index (Phi) is 5.40. The summed E-state index contributed by atoms with van der Waals surface area (Å²) < 4.78 is 12.6. The van der Waals surface area contributed by atoms with Crippen molar-refractivity contribution < 1.29 is 14.3 Å². The molecule has 1 unspecified atom stereocenters. The molecule has 2 N–H and O–H groups in total. The van der Waals surface area contributed by atoms with E-state index in [1.807, 2.05) is 30.5 Å². The Morgan fingerprint density at radius 1 is 1.31 bits per heavy atom. The van der Waals surface area contributed by atoms with E-state index < -0.39 is 6.09 Å². The van der Waals surface area contributed by atoms with Crippen LogP contribution in [0.2, 0.25) is 0 Å². The number of rotatable bonds is 5. The zero-order valence-electron chi connectivity index (χ0n) is 17.0. The zero-order chi connectivity index (χ0) is 20.4. The highest BCUT2D eigenvalue weighted by Gasteiger charge is 2.27. The average Bonchev–Trinajstić information content (AvgIpc) is 3.03. The molecule has 3 heterocycles. The average molecular weight is 394 g/mol. The van der Waals surface area contributed by atoms with Crippen molar-refractivity contribution in [2.24, 2.45) is 0 Å². The molecule has 1 aliphatic heterocycles. The van der Waals surface area contributed by atoms with Gasteiger partial charge >= 0.3 is 6.09 Å². The molecule has 0 aliphatic carbocycles. The van der Waals surface area contributed by atoms with Crippen LogP contribution in [-0.4, -0.2) is 35.7 Å². The third kappa shape index (κ3) is 3.78. The number of nitrogens with one attached hydrogen (secondary N) is 2. The van der Waals surface area contributed by atoms with E-state index in [0.29, 0.717) is 18.9 Å². The fourth-order valence-electron chi connectivity index (χ4n) is 3.76. The predicted molar refractivity (Wildman–Crippen MR) is 112 cm³/mol. The largest absolute Gasteiger partial charge is 0.412 e. The fourth-order valence-corrected chi connectivity index (χ4v) is 3.76. The van der Waals surface area contributed by atoms with Crippen LogP contribution < -0.4 is 15.4 Å². The summed E-state index contributed by atoms with van der Waals surface area (Å²) in [6, 6.07) is 10.6. The van der Waals surface area contributed by atoms with Crippen LogP contribution in [0.4, 0.5) is 10.5 Å². The topological polar surface area (TPSA) is 76.9 Å². The van der Waals surface area contributed by atoms with Crippen LogP contribution in [0.3, 0.4) is 0 Å². The molecule has 0 saturated carbocycles. The molecule has 1 amide bonds. The summed E-state index contributed by atoms with van der Waals surface area (Å²) in [4.78, 5) is 17.0. The summed E-state index contributed by atoms with van der Waals surface area (Å²) in [5, 5.41) is 6.36. The number of methoxy groups -OCH3 is 1. The number of ether oxygens (including phenoxy) is 2. The van der Waals surface area contributed by atoms with E-state index in [2.05, 4.69) is 34.9 Å². The molecule has 0 bridgehead atoms. The van der Waals surface area contributed by atoms with Gasteiger partial charge in [-0.2, -0.15) is 0 Å². The Bertz CT molecular complexity index is 1030. The summed E-state index contributed by atoms with van der Waals surface area (Å²) in [7, 11) is 1.59. The van der Waals surface area contributed by atoms with Crippen LogP contribution >= 0.6 is 0 Å². The number of aryl methyl sites for hydroxylation is 2. The first-order valence-corrected chi connectivity index (χ1v) is 9.85. The first-order valence-electron chi connectivity index (χ1n) is 9.85. The number of nitrogens with zero attached hydrogens (tertiary/aromatic N) is 2. The maximum absolute atomic E-state index is 12.3. The Morgan fingerprint density at radius 2 is 2.10 bits per heavy atom. The molecule has 7 nitrogen and oxygen atoms in total. The van der Waals surface area contributed by atoms with E-state index in [1.165, 1.54) is 5.56 Å². The highest BCUT2D eigenvalue weighted by molar-refractivity contribution is 5.79. The van der Waals surface area contributed by atoms with Crippen LogP contribution in [0.15, 0.2) is 36.5 Å². The van der Waals surface area contributed by atoms with Gasteiger partial charge in [0.2, 0.25) is 0 Å². The highest BCUT2D eigenvalue weighted by Crippen LogP contribution is 2.40. The lowest BCUT2D eigenvalue weighted by Gasteiger charge is -2.29. The molecule has 3 aromatic rings. The van der Waals surface area contributed by atoms with E-state index in [0.717, 1.165) is 41.1 Å². The van der Waals surface area contributed by atoms with Gasteiger partial charge in [0, 0.05) is 24.9 Å². The zero-order valence-corrected chi connectivity index (χ0v) is 17.0. The number of hydrogen-bond acceptors (Lipinski definition) is 5. The van der Waals surface area contributed by atoms with Gasteiger partial charge in [0.05, 0.1) is 30.2 Å². The molecule has 0 radical (unpaired) electrons. The van der Waals surface area contributed by atoms with Gasteiger partial charge in [0.25, 0.3) is 0 Å². The van der Waals surface area contributed by atoms with Crippen molar-refractivity contribution in [3.8, 4) is 5.75 Å². The number of aromatic nitrogens is 2. The van der Waals surface area contributed by atoms with Crippen LogP contribution in [0.25, 0.3) is 5.65 Å². The van der Waals surface area contributed by atoms with Gasteiger partial charge < -0.3 is 20.1 Å². The van der Waals surface area contributed by atoms with Crippen molar-refractivity contribution in [1.82, 2.24) is 14.7 Å². The first-order chi connectivity index (χ1) is 14.1. The van der Waals surface area contributed by atoms with Gasteiger partial charge in [-0.15, -0.1) is 0 Å². The lowest BCUT2D eigenvalue weighted by atomic mass is 9.93. The molecule has 0 saturated heterocycles. The number of pyridine rings is 1. The number of carbonyl (C=O) groups excluding carboxylic acids is 1. The lowest BCUT2D eigenvalue weighted by molar-refractivity contribution is 0.180. The van der Waals surface area contributed by atoms with Gasteiger partial charge in [0.1, 0.15) is 0 Å². The summed E-state index contributed by atoms with van der Waals surface area (Å²) in [5.41, 5.74) is 6.00. The number of carbonyl (C=O) groups is 1. The SMILES string of the molecule is COCCNC(=O)Oc1cn2c(C)c(C)nc2c2c1CCC(c1ccccc1)N2. The van der Waals surface area contributed by atoms with Crippen molar-refractivity contribution in [2.45, 2.75) is 32.7 Å². The van der Waals surface area contributed by atoms with E-state index in [4.69, 9.17) is 14.5 Å². The Balaban J connectivity index is 1.71. The van der Waals surface area contributed by atoms with Crippen molar-refractivity contribution in [1.29, 1.82) is 0 Å². The van der Waals surface area contributed by atoms with Crippen LogP contribution in [0, 0.1) is 13.8 Å². The second-order valence-corrected chi connectivity index (χ2v) is 7.28. The number of anilines is 1. The smallest absolute Gasteiger partial charge is 0.408 e. The fraction of sp³-hybridized carbons (Fsp3) is 0.364. The van der Waals surface area contributed by atoms with Crippen LogP contribution in [-0.2, 0) is 11.2 Å². The number of amides is 1. The van der Waals surface area contributed by atoms with Gasteiger partial charge in [0.15, 0.2) is 11.4 Å². The number of fused-ring (bicyclic) bond motifs is 3. The summed E-state index contributed by atoms with van der Waals surface area (Å²) in [5.74, 6) is 0.557. The second kappa shape index (κ2) is 8.13. The van der Waals surface area contributed by atoms with Crippen molar-refractivity contribution in [3.05, 3.63) is 59.0 Å². The van der Waals surface area contributed by atoms with Crippen molar-refractivity contribution in [3.63, 3.8) is 0 Å². The third-order valence-electron chi connectivity index (χ3n) is 5.44. The van der Waals surface area contributed by atoms with E-state index in [1.54, 1.807) is 7.11 Å². The number of benzene rings is 1. The molecular weight excluding hydrogens is 368 g/mol. The quantitative estimate of drug-likeness (QED) is 0.644. The van der Waals surface area contributed by atoms with Gasteiger partial charge in [-0.3, -0.25) is 4.40 Å². The minimum absolute atomic E-state index is 0.190. The molecule has 1 atom stereocenters. The molecule has 1 aromatic carbocycles. The Labute approximate surface area is 170 Å². The third-order valence-corrected chi connectivity index (χ3v) is 5.44. The van der Waals surface area contributed by atoms with E-state index in [-0.39, 0.29) is 6.04 Å². The maximum Gasteiger partial charge on any atom is 0.412 e. The summed E-state index contributed by atoms with van der Waals surface area (Å²) in [6.07, 6.45) is 3.09. The molecule has 0 spiro atoms. The van der Waals surface area contributed by atoms with Crippen LogP contribution in [0.5, 0.6) is 5.75 Å². The molecule has 0 fully saturated rings. The predicted octanol–water partition coefficient (Wildman–Crippen LogP) is 3.79. The molecule has 1 aliphatic rings. The van der Waals surface area contributed by atoms with E-state index in [9.17, 15) is 4.79 Å². The minimum atomic E-state index is -0.483. The number of imidazole rings is 1. The molecule has 2 aromatic heterocycles. The lowest BCUT2D eigenvalue weighted by Crippen LogP contribution is -2.30. The number of hydrogen-bond donors (Lipinski definition) is 2. The molecule has 4 rings (SSSR count). The Morgan fingerprint density at radius 3 is 2.86 bits per heavy atom. The van der Waals surface area contributed by atoms with E-state index >= 15 is 0 Å². The normalized spacial score (nSPS) is 15.6. The minimum Gasteiger partial charge on any atom is -0.408 e. The second-order valence-electron chi connectivity index (χ2n) is 7.28. The van der Waals surface area contributed by atoms with Gasteiger partial charge in [-0.25, -0.2) is 9.78 Å². The Hall–Kier alpha value is -3.06. The first kappa shape index (κ1) is 19.3. The maximum atomic E-state index is 12.3. The van der Waals surface area contributed by atoms with Gasteiger partial charge in [-0.1, -0.05) is 30.3 Å². The van der Waals surface area contributed by atoms with Crippen LogP contribution in [0.1, 0.15) is 35.0 Å². The monoisotopic (exact) mass is 394 g/mol. The summed E-state index contributed by atoms with van der Waals surface area (Å²) >= 11 is 0. The standard InChI is InChI=1S/C22H26N4O3/c1-14-15(2)26-13-19(29-22(27)23-11-12-28-3)17-9-10-18(16-7-5-4-6-8-16)25-20(17)21(26)24-14/h4-8,13,18,25H,9-12H2,1-3H3,(H,23,27). The molecule has 152 valence electrons.